The average Bonchev–Trinajstić information content (AvgIpc) is 2.64. The van der Waals surface area contributed by atoms with Crippen LogP contribution in [0.3, 0.4) is 0 Å². The summed E-state index contributed by atoms with van der Waals surface area (Å²) in [4.78, 5) is 4.18. The van der Waals surface area contributed by atoms with Crippen LogP contribution in [0.2, 0.25) is 0 Å². The number of aliphatic imine (C=N–C) groups is 1. The number of benzene rings is 1. The molecule has 0 aromatic heterocycles. The highest BCUT2D eigenvalue weighted by atomic mass is 32.2. The van der Waals surface area contributed by atoms with Crippen LogP contribution in [-0.2, 0) is 14.8 Å². The number of nitrogens with two attached hydrogens (primary N) is 1. The molecule has 0 aliphatic carbocycles. The Kier molecular flexibility index (Phi) is 9.03. The summed E-state index contributed by atoms with van der Waals surface area (Å²) in [7, 11) is -3.56. The van der Waals surface area contributed by atoms with E-state index in [2.05, 4.69) is 23.6 Å². The van der Waals surface area contributed by atoms with E-state index in [1.165, 1.54) is 4.31 Å². The first-order valence-corrected chi connectivity index (χ1v) is 11.0. The Hall–Kier alpha value is -2.20. The summed E-state index contributed by atoms with van der Waals surface area (Å²) < 4.78 is 31.1. The lowest BCUT2D eigenvalue weighted by Crippen LogP contribution is -2.50. The van der Waals surface area contributed by atoms with Gasteiger partial charge in [0.15, 0.2) is 0 Å². The molecule has 0 spiro atoms. The van der Waals surface area contributed by atoms with Crippen LogP contribution in [0.4, 0.5) is 0 Å². The number of sulfonamides is 1. The van der Waals surface area contributed by atoms with Gasteiger partial charge in [-0.3, -0.25) is 15.6 Å². The van der Waals surface area contributed by atoms with E-state index in [1.54, 1.807) is 13.8 Å². The molecule has 0 bridgehead atoms. The number of rotatable bonds is 11. The van der Waals surface area contributed by atoms with Crippen molar-refractivity contribution in [3.8, 4) is 0 Å². The summed E-state index contributed by atoms with van der Waals surface area (Å²) in [6.07, 6.45) is 2.04. The number of aliphatic hydroxyl groups is 1. The number of hydrazine groups is 1. The fourth-order valence-corrected chi connectivity index (χ4v) is 3.56. The van der Waals surface area contributed by atoms with Crippen LogP contribution >= 0.6 is 0 Å². The van der Waals surface area contributed by atoms with Crippen LogP contribution in [0.15, 0.2) is 48.3 Å². The van der Waals surface area contributed by atoms with Gasteiger partial charge in [0.05, 0.1) is 18.4 Å². The van der Waals surface area contributed by atoms with Gasteiger partial charge in [0, 0.05) is 12.1 Å². The third-order valence-electron chi connectivity index (χ3n) is 4.45. The summed E-state index contributed by atoms with van der Waals surface area (Å²) in [6, 6.07) is 7.60. The van der Waals surface area contributed by atoms with E-state index in [1.807, 2.05) is 31.2 Å². The number of hydrogen-bond donors (Lipinski definition) is 3. The van der Waals surface area contributed by atoms with Gasteiger partial charge in [-0.15, -0.1) is 0 Å². The largest absolute Gasteiger partial charge is 0.440 e. The molecule has 1 unspecified atom stereocenters. The third-order valence-corrected chi connectivity index (χ3v) is 5.70. The average molecular weight is 425 g/mol. The van der Waals surface area contributed by atoms with Crippen molar-refractivity contribution in [1.82, 2.24) is 9.73 Å². The molecule has 0 radical (unpaired) electrons. The molecule has 1 atom stereocenters. The minimum Gasteiger partial charge on any atom is -0.440 e. The van der Waals surface area contributed by atoms with Crippen molar-refractivity contribution < 1.29 is 18.3 Å². The van der Waals surface area contributed by atoms with Gasteiger partial charge < -0.3 is 9.84 Å². The second kappa shape index (κ2) is 10.5. The summed E-state index contributed by atoms with van der Waals surface area (Å²) >= 11 is 0. The highest BCUT2D eigenvalue weighted by Crippen LogP contribution is 2.19. The number of aryl methyl sites for hydroxylation is 1. The molecule has 1 rings (SSSR count). The highest BCUT2D eigenvalue weighted by molar-refractivity contribution is 7.88. The van der Waals surface area contributed by atoms with Crippen LogP contribution in [0, 0.1) is 6.92 Å². The lowest BCUT2D eigenvalue weighted by Gasteiger charge is -2.28. The van der Waals surface area contributed by atoms with Crippen LogP contribution < -0.4 is 11.3 Å². The molecule has 0 heterocycles. The zero-order valence-corrected chi connectivity index (χ0v) is 18.4. The number of nitrogens with zero attached hydrogens (tertiary/aromatic N) is 2. The predicted molar refractivity (Wildman–Crippen MR) is 117 cm³/mol. The molecule has 9 heteroatoms. The number of nitrogens with one attached hydrogen (secondary N) is 1. The maximum absolute atomic E-state index is 12.2. The van der Waals surface area contributed by atoms with E-state index >= 15 is 0 Å². The molecule has 0 aliphatic rings. The maximum atomic E-state index is 12.2. The van der Waals surface area contributed by atoms with Gasteiger partial charge in [-0.25, -0.2) is 13.4 Å². The van der Waals surface area contributed by atoms with Crippen molar-refractivity contribution in [3.63, 3.8) is 0 Å². The van der Waals surface area contributed by atoms with E-state index < -0.39 is 15.6 Å². The lowest BCUT2D eigenvalue weighted by atomic mass is 9.98. The molecule has 0 fully saturated rings. The van der Waals surface area contributed by atoms with Gasteiger partial charge in [-0.1, -0.05) is 36.4 Å². The Bertz CT molecular complexity index is 844. The van der Waals surface area contributed by atoms with Crippen LogP contribution in [0.5, 0.6) is 0 Å². The first kappa shape index (κ1) is 24.8. The molecule has 0 amide bonds. The Balaban J connectivity index is 2.83. The summed E-state index contributed by atoms with van der Waals surface area (Å²) in [5, 5.41) is 9.40. The van der Waals surface area contributed by atoms with Gasteiger partial charge in [0.1, 0.15) is 11.6 Å². The van der Waals surface area contributed by atoms with Crippen molar-refractivity contribution in [3.05, 3.63) is 54.4 Å². The number of hydrogen-bond acceptors (Lipinski definition) is 7. The number of ether oxygens (including phenoxy) is 1. The molecular formula is C20H32N4O4S. The Morgan fingerprint density at radius 2 is 1.93 bits per heavy atom. The van der Waals surface area contributed by atoms with E-state index in [0.29, 0.717) is 18.6 Å². The van der Waals surface area contributed by atoms with Gasteiger partial charge in [0.2, 0.25) is 15.9 Å². The monoisotopic (exact) mass is 424 g/mol. The zero-order chi connectivity index (χ0) is 22.2. The number of amidine groups is 1. The third kappa shape index (κ3) is 7.98. The highest BCUT2D eigenvalue weighted by Gasteiger charge is 2.24. The van der Waals surface area contributed by atoms with Crippen molar-refractivity contribution >= 4 is 21.6 Å². The van der Waals surface area contributed by atoms with Crippen molar-refractivity contribution in [2.75, 3.05) is 19.4 Å². The normalized spacial score (nSPS) is 14.2. The fraction of sp³-hybridized carbons (Fsp3) is 0.450. The number of aliphatic hydroxyl groups excluding tert-OH is 1. The van der Waals surface area contributed by atoms with Crippen LogP contribution in [0.25, 0.3) is 5.76 Å². The second-order valence-corrected chi connectivity index (χ2v) is 9.15. The second-order valence-electron chi connectivity index (χ2n) is 7.25. The summed E-state index contributed by atoms with van der Waals surface area (Å²) in [6.45, 7) is 12.9. The zero-order valence-electron chi connectivity index (χ0n) is 17.6. The quantitative estimate of drug-likeness (QED) is 0.165. The van der Waals surface area contributed by atoms with Crippen molar-refractivity contribution in [1.29, 1.82) is 0 Å². The SMILES string of the molecule is C=C(/N=C(\C)N(CCCC(C)(CO)NN)S(C)(=O)=O)OC(=C)c1ccc(C)cc1. The first-order chi connectivity index (χ1) is 13.4. The Morgan fingerprint density at radius 1 is 1.34 bits per heavy atom. The molecule has 4 N–H and O–H groups in total. The molecular weight excluding hydrogens is 392 g/mol. The topological polar surface area (TPSA) is 117 Å². The van der Waals surface area contributed by atoms with Crippen LogP contribution in [-0.4, -0.2) is 48.6 Å². The molecule has 1 aromatic rings. The smallest absolute Gasteiger partial charge is 0.233 e. The standard InChI is InChI=1S/C20H32N4O4S/c1-15-8-10-19(11-9-15)16(2)28-18(4)22-17(3)24(29(6,26)27)13-7-12-20(5,14-25)23-21/h8-11,23,25H,2,4,7,12-14,21H2,1,3,5-6H3/b22-17+. The lowest BCUT2D eigenvalue weighted by molar-refractivity contribution is 0.163. The predicted octanol–water partition coefficient (Wildman–Crippen LogP) is 2.13. The molecule has 8 nitrogen and oxygen atoms in total. The molecule has 29 heavy (non-hydrogen) atoms. The minimum atomic E-state index is -3.56. The van der Waals surface area contributed by atoms with Gasteiger partial charge in [-0.2, -0.15) is 0 Å². The van der Waals surface area contributed by atoms with Crippen LogP contribution in [0.1, 0.15) is 37.8 Å². The Labute approximate surface area is 173 Å². The van der Waals surface area contributed by atoms with E-state index in [-0.39, 0.29) is 24.9 Å². The molecule has 162 valence electrons. The van der Waals surface area contributed by atoms with Gasteiger partial charge >= 0.3 is 0 Å². The molecule has 0 saturated heterocycles. The van der Waals surface area contributed by atoms with Crippen molar-refractivity contribution in [2.45, 2.75) is 39.2 Å². The molecule has 1 aromatic carbocycles. The van der Waals surface area contributed by atoms with E-state index in [4.69, 9.17) is 10.6 Å². The first-order valence-electron chi connectivity index (χ1n) is 9.16. The summed E-state index contributed by atoms with van der Waals surface area (Å²) in [5.74, 6) is 6.07. The van der Waals surface area contributed by atoms with Crippen molar-refractivity contribution in [2.24, 2.45) is 10.8 Å². The Morgan fingerprint density at radius 3 is 2.41 bits per heavy atom. The van der Waals surface area contributed by atoms with Gasteiger partial charge in [0.25, 0.3) is 0 Å². The van der Waals surface area contributed by atoms with E-state index in [9.17, 15) is 13.5 Å². The fourth-order valence-electron chi connectivity index (χ4n) is 2.58. The minimum absolute atomic E-state index is 0.0329. The molecule has 0 aliphatic heterocycles. The summed E-state index contributed by atoms with van der Waals surface area (Å²) in [5.41, 5.74) is 3.75. The molecule has 0 saturated carbocycles. The maximum Gasteiger partial charge on any atom is 0.233 e. The van der Waals surface area contributed by atoms with Gasteiger partial charge in [-0.05, 0) is 40.2 Å². The van der Waals surface area contributed by atoms with E-state index in [0.717, 1.165) is 17.4 Å².